The molecule has 0 bridgehead atoms. The number of pyridine rings is 1. The van der Waals surface area contributed by atoms with E-state index in [1.807, 2.05) is 15.9 Å². The van der Waals surface area contributed by atoms with Crippen molar-refractivity contribution in [3.8, 4) is 21.7 Å². The first-order valence-electron chi connectivity index (χ1n) is 11.9. The van der Waals surface area contributed by atoms with E-state index in [1.54, 1.807) is 6.33 Å². The Hall–Kier alpha value is -2.96. The Morgan fingerprint density at radius 3 is 2.61 bits per heavy atom. The maximum atomic E-state index is 4.37. The quantitative estimate of drug-likeness (QED) is 0.325. The van der Waals surface area contributed by atoms with Gasteiger partial charge in [0.2, 0.25) is 0 Å². The van der Waals surface area contributed by atoms with E-state index in [0.717, 1.165) is 29.9 Å². The summed E-state index contributed by atoms with van der Waals surface area (Å²) in [7, 11) is 0. The molecule has 5 nitrogen and oxygen atoms in total. The van der Waals surface area contributed by atoms with Crippen molar-refractivity contribution in [2.75, 3.05) is 13.1 Å². The molecule has 1 fully saturated rings. The van der Waals surface area contributed by atoms with Crippen LogP contribution in [0.25, 0.3) is 37.6 Å². The molecule has 5 heterocycles. The molecule has 1 saturated heterocycles. The lowest BCUT2D eigenvalue weighted by Crippen LogP contribution is -2.26. The molecule has 1 aliphatic heterocycles. The normalized spacial score (nSPS) is 15.3. The first-order valence-corrected chi connectivity index (χ1v) is 12.7. The summed E-state index contributed by atoms with van der Waals surface area (Å²) >= 11 is 1.90. The molecule has 0 aliphatic carbocycles. The third-order valence-electron chi connectivity index (χ3n) is 6.94. The minimum Gasteiger partial charge on any atom is -0.354 e. The molecule has 6 rings (SSSR count). The number of nitrogens with zero attached hydrogens (tertiary/aromatic N) is 3. The first kappa shape index (κ1) is 20.6. The fraction of sp³-hybridized carbons (Fsp3) is 0.333. The van der Waals surface area contributed by atoms with Crippen LogP contribution < -0.4 is 5.32 Å². The van der Waals surface area contributed by atoms with E-state index >= 15 is 0 Å². The second kappa shape index (κ2) is 8.12. The highest BCUT2D eigenvalue weighted by atomic mass is 32.1. The number of aryl methyl sites for hydroxylation is 1. The number of hydrogen-bond donors (Lipinski definition) is 2. The van der Waals surface area contributed by atoms with E-state index in [1.165, 1.54) is 50.3 Å². The molecule has 0 amide bonds. The van der Waals surface area contributed by atoms with Crippen LogP contribution in [0.4, 0.5) is 0 Å². The summed E-state index contributed by atoms with van der Waals surface area (Å²) in [6.07, 6.45) is 6.17. The van der Waals surface area contributed by atoms with Crippen LogP contribution in [0.15, 0.2) is 48.9 Å². The lowest BCUT2D eigenvalue weighted by molar-refractivity contribution is 0.460. The zero-order valence-electron chi connectivity index (χ0n) is 19.4. The van der Waals surface area contributed by atoms with Crippen molar-refractivity contribution in [3.05, 3.63) is 65.6 Å². The number of aromatic nitrogens is 4. The van der Waals surface area contributed by atoms with Crippen molar-refractivity contribution in [2.45, 2.75) is 45.4 Å². The van der Waals surface area contributed by atoms with Crippen LogP contribution >= 0.6 is 11.3 Å². The fourth-order valence-corrected chi connectivity index (χ4v) is 6.54. The van der Waals surface area contributed by atoms with Crippen LogP contribution in [0.2, 0.25) is 0 Å². The fourth-order valence-electron chi connectivity index (χ4n) is 5.23. The molecule has 0 unspecified atom stereocenters. The van der Waals surface area contributed by atoms with Crippen molar-refractivity contribution < 1.29 is 0 Å². The van der Waals surface area contributed by atoms with E-state index in [9.17, 15) is 0 Å². The second-order valence-electron chi connectivity index (χ2n) is 9.51. The van der Waals surface area contributed by atoms with Crippen LogP contribution in [0, 0.1) is 6.92 Å². The monoisotopic (exact) mass is 455 g/mol. The van der Waals surface area contributed by atoms with Crippen molar-refractivity contribution in [3.63, 3.8) is 0 Å². The summed E-state index contributed by atoms with van der Waals surface area (Å²) in [5, 5.41) is 7.83. The number of hydrogen-bond acceptors (Lipinski definition) is 4. The highest BCUT2D eigenvalue weighted by Crippen LogP contribution is 2.43. The summed E-state index contributed by atoms with van der Waals surface area (Å²) in [6.45, 7) is 8.91. The van der Waals surface area contributed by atoms with E-state index < -0.39 is 0 Å². The highest BCUT2D eigenvalue weighted by Gasteiger charge is 2.21. The van der Waals surface area contributed by atoms with Gasteiger partial charge in [0.1, 0.15) is 6.33 Å². The maximum Gasteiger partial charge on any atom is 0.158 e. The Labute approximate surface area is 197 Å². The SMILES string of the molecule is Cc1cc(-c2[nH]c3cc(-c4ccc(C5CCNCC5)cc4)sc3c2C(C)C)cn2ncnc12. The average Bonchev–Trinajstić information content (AvgIpc) is 3.54. The van der Waals surface area contributed by atoms with Gasteiger partial charge in [-0.3, -0.25) is 0 Å². The van der Waals surface area contributed by atoms with Gasteiger partial charge in [-0.05, 0) is 79.1 Å². The van der Waals surface area contributed by atoms with Gasteiger partial charge in [0.25, 0.3) is 0 Å². The zero-order chi connectivity index (χ0) is 22.5. The van der Waals surface area contributed by atoms with Crippen molar-refractivity contribution in [1.82, 2.24) is 24.9 Å². The molecular formula is C27H29N5S. The third-order valence-corrected chi connectivity index (χ3v) is 8.15. The minimum absolute atomic E-state index is 0.411. The van der Waals surface area contributed by atoms with E-state index in [-0.39, 0.29) is 0 Å². The van der Waals surface area contributed by atoms with Crippen LogP contribution in [0.5, 0.6) is 0 Å². The van der Waals surface area contributed by atoms with Gasteiger partial charge < -0.3 is 10.3 Å². The number of piperidine rings is 1. The van der Waals surface area contributed by atoms with Crippen LogP contribution in [0.3, 0.4) is 0 Å². The first-order chi connectivity index (χ1) is 16.1. The second-order valence-corrected chi connectivity index (χ2v) is 10.6. The minimum atomic E-state index is 0.411. The summed E-state index contributed by atoms with van der Waals surface area (Å²) in [6, 6.07) is 13.8. The Kier molecular flexibility index (Phi) is 5.07. The van der Waals surface area contributed by atoms with Crippen LogP contribution in [0.1, 0.15) is 55.2 Å². The van der Waals surface area contributed by atoms with Gasteiger partial charge in [-0.2, -0.15) is 5.10 Å². The predicted octanol–water partition coefficient (Wildman–Crippen LogP) is 6.50. The molecule has 0 radical (unpaired) electrons. The van der Waals surface area contributed by atoms with Crippen molar-refractivity contribution >= 4 is 27.2 Å². The van der Waals surface area contributed by atoms with Gasteiger partial charge >= 0.3 is 0 Å². The Morgan fingerprint density at radius 1 is 1.06 bits per heavy atom. The number of thiophene rings is 1. The number of benzene rings is 1. The van der Waals surface area contributed by atoms with Gasteiger partial charge in [-0.15, -0.1) is 11.3 Å². The number of aromatic amines is 1. The summed E-state index contributed by atoms with van der Waals surface area (Å²) in [5.74, 6) is 1.11. The van der Waals surface area contributed by atoms with Gasteiger partial charge in [-0.25, -0.2) is 9.50 Å². The van der Waals surface area contributed by atoms with Gasteiger partial charge in [0, 0.05) is 16.6 Å². The number of rotatable bonds is 4. The lowest BCUT2D eigenvalue weighted by atomic mass is 9.90. The molecule has 0 atom stereocenters. The highest BCUT2D eigenvalue weighted by molar-refractivity contribution is 7.22. The molecule has 1 aliphatic rings. The maximum absolute atomic E-state index is 4.37. The average molecular weight is 456 g/mol. The Balaban J connectivity index is 1.39. The molecule has 1 aromatic carbocycles. The van der Waals surface area contributed by atoms with E-state index in [2.05, 4.69) is 83.7 Å². The molecular weight excluding hydrogens is 426 g/mol. The Morgan fingerprint density at radius 2 is 1.85 bits per heavy atom. The van der Waals surface area contributed by atoms with Crippen molar-refractivity contribution in [2.24, 2.45) is 0 Å². The molecule has 2 N–H and O–H groups in total. The topological polar surface area (TPSA) is 58.0 Å². The largest absolute Gasteiger partial charge is 0.354 e. The molecule has 5 aromatic rings. The number of fused-ring (bicyclic) bond motifs is 2. The van der Waals surface area contributed by atoms with Crippen LogP contribution in [-0.4, -0.2) is 32.7 Å². The lowest BCUT2D eigenvalue weighted by Gasteiger charge is -2.23. The Bertz CT molecular complexity index is 1430. The summed E-state index contributed by atoms with van der Waals surface area (Å²) < 4.78 is 3.23. The summed E-state index contributed by atoms with van der Waals surface area (Å²) in [5.41, 5.74) is 9.77. The zero-order valence-corrected chi connectivity index (χ0v) is 20.2. The van der Waals surface area contributed by atoms with E-state index in [0.29, 0.717) is 11.8 Å². The van der Waals surface area contributed by atoms with E-state index in [4.69, 9.17) is 0 Å². The van der Waals surface area contributed by atoms with Gasteiger partial charge in [0.05, 0.1) is 15.9 Å². The molecule has 4 aromatic heterocycles. The van der Waals surface area contributed by atoms with Crippen molar-refractivity contribution in [1.29, 1.82) is 0 Å². The third kappa shape index (κ3) is 3.58. The predicted molar refractivity (Wildman–Crippen MR) is 137 cm³/mol. The van der Waals surface area contributed by atoms with Gasteiger partial charge in [0.15, 0.2) is 5.65 Å². The standard InChI is InChI=1S/C27H29N5S/c1-16(2)24-25(21-12-17(3)27-29-15-30-32(27)14-21)31-22-13-23(33-26(22)24)20-6-4-18(5-7-20)19-8-10-28-11-9-19/h4-7,12-16,19,28,31H,8-11H2,1-3H3. The molecule has 168 valence electrons. The summed E-state index contributed by atoms with van der Waals surface area (Å²) in [4.78, 5) is 9.43. The van der Waals surface area contributed by atoms with Crippen LogP contribution in [-0.2, 0) is 0 Å². The molecule has 33 heavy (non-hydrogen) atoms. The van der Waals surface area contributed by atoms with Gasteiger partial charge in [-0.1, -0.05) is 38.1 Å². The molecule has 6 heteroatoms. The number of H-pyrrole nitrogens is 1. The molecule has 0 saturated carbocycles. The smallest absolute Gasteiger partial charge is 0.158 e. The molecule has 0 spiro atoms. The number of nitrogens with one attached hydrogen (secondary N) is 2.